The molecule has 0 amide bonds. The van der Waals surface area contributed by atoms with Crippen molar-refractivity contribution in [2.24, 2.45) is 35.0 Å². The Balaban J connectivity index is 1.58. The van der Waals surface area contributed by atoms with Crippen LogP contribution in [0.3, 0.4) is 0 Å². The van der Waals surface area contributed by atoms with E-state index in [0.717, 1.165) is 42.4 Å². The lowest BCUT2D eigenvalue weighted by Crippen LogP contribution is -2.48. The van der Waals surface area contributed by atoms with Gasteiger partial charge in [0, 0.05) is 0 Å². The van der Waals surface area contributed by atoms with Gasteiger partial charge >= 0.3 is 0 Å². The molecule has 4 aliphatic rings. The third-order valence-corrected chi connectivity index (χ3v) is 8.12. The second kappa shape index (κ2) is 5.11. The molecule has 0 spiro atoms. The highest BCUT2D eigenvalue weighted by molar-refractivity contribution is 5.23. The van der Waals surface area contributed by atoms with Crippen LogP contribution in [0.1, 0.15) is 71.6 Å². The fourth-order valence-corrected chi connectivity index (χ4v) is 7.15. The van der Waals surface area contributed by atoms with Crippen LogP contribution in [0.25, 0.3) is 0 Å². The van der Waals surface area contributed by atoms with Gasteiger partial charge in [-0.25, -0.2) is 0 Å². The summed E-state index contributed by atoms with van der Waals surface area (Å²) in [6.07, 6.45) is 14.5. The predicted molar refractivity (Wildman–Crippen MR) is 86.9 cm³/mol. The molecule has 1 heteroatoms. The quantitative estimate of drug-likeness (QED) is 0.626. The molecule has 0 aromatic heterocycles. The van der Waals surface area contributed by atoms with Gasteiger partial charge in [-0.3, -0.25) is 0 Å². The van der Waals surface area contributed by atoms with Crippen LogP contribution in [0.4, 0.5) is 0 Å². The molecule has 0 radical (unpaired) electrons. The highest BCUT2D eigenvalue weighted by Crippen LogP contribution is 2.63. The molecular formula is C20H32O. The van der Waals surface area contributed by atoms with Crippen molar-refractivity contribution in [1.82, 2.24) is 0 Å². The molecule has 4 saturated carbocycles. The van der Waals surface area contributed by atoms with E-state index >= 15 is 0 Å². The van der Waals surface area contributed by atoms with Crippen molar-refractivity contribution in [3.63, 3.8) is 0 Å². The van der Waals surface area contributed by atoms with Crippen molar-refractivity contribution in [3.8, 4) is 0 Å². The van der Waals surface area contributed by atoms with Gasteiger partial charge in [0.05, 0.1) is 6.10 Å². The van der Waals surface area contributed by atoms with Crippen molar-refractivity contribution < 1.29 is 5.11 Å². The van der Waals surface area contributed by atoms with E-state index < -0.39 is 0 Å². The van der Waals surface area contributed by atoms with E-state index in [0.29, 0.717) is 5.41 Å². The minimum atomic E-state index is 0.0118. The first-order valence-corrected chi connectivity index (χ1v) is 9.47. The van der Waals surface area contributed by atoms with Crippen LogP contribution in [-0.4, -0.2) is 11.2 Å². The number of hydrogen-bond acceptors (Lipinski definition) is 1. The number of aliphatic hydroxyl groups is 1. The normalized spacial score (nSPS) is 54.9. The Kier molecular flexibility index (Phi) is 3.48. The summed E-state index contributed by atoms with van der Waals surface area (Å²) in [5.74, 6) is 4.76. The standard InChI is InChI=1S/C20H32O/c1-3-14-5-9-19-18-7-4-13-12-15(21)6-8-16(13)17(18)10-11-20(14,19)2/h3,13,15-19,21H,4-12H2,1-2H3/b14-3-/t13-,15+,16-,17+,18+,19-,20+/m0/s1. The topological polar surface area (TPSA) is 20.2 Å². The molecule has 7 atom stereocenters. The fourth-order valence-electron chi connectivity index (χ4n) is 7.15. The van der Waals surface area contributed by atoms with Crippen LogP contribution in [0, 0.1) is 35.0 Å². The number of allylic oxidation sites excluding steroid dienone is 2. The molecule has 1 nitrogen and oxygen atoms in total. The van der Waals surface area contributed by atoms with Crippen LogP contribution in [0.5, 0.6) is 0 Å². The van der Waals surface area contributed by atoms with Crippen molar-refractivity contribution in [2.75, 3.05) is 0 Å². The predicted octanol–water partition coefficient (Wildman–Crippen LogP) is 4.95. The van der Waals surface area contributed by atoms with Crippen LogP contribution < -0.4 is 0 Å². The molecular weight excluding hydrogens is 256 g/mol. The molecule has 1 N–H and O–H groups in total. The zero-order valence-corrected chi connectivity index (χ0v) is 13.9. The van der Waals surface area contributed by atoms with Gasteiger partial charge in [0.25, 0.3) is 0 Å². The highest BCUT2D eigenvalue weighted by Gasteiger charge is 2.54. The van der Waals surface area contributed by atoms with Crippen LogP contribution in [-0.2, 0) is 0 Å². The largest absolute Gasteiger partial charge is 0.393 e. The first-order chi connectivity index (χ1) is 10.1. The summed E-state index contributed by atoms with van der Waals surface area (Å²) < 4.78 is 0. The summed E-state index contributed by atoms with van der Waals surface area (Å²) in [5.41, 5.74) is 2.31. The van der Waals surface area contributed by atoms with Gasteiger partial charge in [0.2, 0.25) is 0 Å². The summed E-state index contributed by atoms with van der Waals surface area (Å²) in [5, 5.41) is 9.99. The zero-order chi connectivity index (χ0) is 14.6. The molecule has 0 aliphatic heterocycles. The summed E-state index contributed by atoms with van der Waals surface area (Å²) in [7, 11) is 0. The van der Waals surface area contributed by atoms with E-state index in [9.17, 15) is 5.11 Å². The van der Waals surface area contributed by atoms with Gasteiger partial charge in [-0.2, -0.15) is 0 Å². The first-order valence-electron chi connectivity index (χ1n) is 9.47. The van der Waals surface area contributed by atoms with Crippen LogP contribution >= 0.6 is 0 Å². The molecule has 0 aromatic carbocycles. The molecule has 4 aliphatic carbocycles. The lowest BCUT2D eigenvalue weighted by molar-refractivity contribution is -0.0610. The molecule has 21 heavy (non-hydrogen) atoms. The maximum atomic E-state index is 9.99. The van der Waals surface area contributed by atoms with Gasteiger partial charge in [-0.15, -0.1) is 0 Å². The SMILES string of the molecule is C/C=C1/CC[C@H]2[C@@H]3CC[C@H]4C[C@H](O)CC[C@@H]4[C@H]3CC[C@]12C. The smallest absolute Gasteiger partial charge is 0.0543 e. The van der Waals surface area contributed by atoms with Gasteiger partial charge in [0.15, 0.2) is 0 Å². The number of aliphatic hydroxyl groups excluding tert-OH is 1. The summed E-state index contributed by atoms with van der Waals surface area (Å²) >= 11 is 0. The number of rotatable bonds is 0. The molecule has 4 rings (SSSR count). The minimum absolute atomic E-state index is 0.0118. The maximum Gasteiger partial charge on any atom is 0.0543 e. The molecule has 4 fully saturated rings. The Morgan fingerprint density at radius 2 is 1.81 bits per heavy atom. The maximum absolute atomic E-state index is 9.99. The van der Waals surface area contributed by atoms with Gasteiger partial charge in [-0.05, 0) is 99.7 Å². The van der Waals surface area contributed by atoms with Crippen molar-refractivity contribution >= 4 is 0 Å². The third kappa shape index (κ3) is 2.06. The van der Waals surface area contributed by atoms with Crippen molar-refractivity contribution in [1.29, 1.82) is 0 Å². The lowest BCUT2D eigenvalue weighted by atomic mass is 9.50. The highest BCUT2D eigenvalue weighted by atomic mass is 16.3. The Morgan fingerprint density at radius 3 is 2.62 bits per heavy atom. The fraction of sp³-hybridized carbons (Fsp3) is 0.900. The summed E-state index contributed by atoms with van der Waals surface area (Å²) in [6, 6.07) is 0. The Hall–Kier alpha value is -0.300. The third-order valence-electron chi connectivity index (χ3n) is 8.12. The Morgan fingerprint density at radius 1 is 1.00 bits per heavy atom. The number of fused-ring (bicyclic) bond motifs is 5. The van der Waals surface area contributed by atoms with Gasteiger partial charge < -0.3 is 5.11 Å². The lowest BCUT2D eigenvalue weighted by Gasteiger charge is -2.55. The molecule has 0 bridgehead atoms. The average molecular weight is 288 g/mol. The second-order valence-corrected chi connectivity index (χ2v) is 8.71. The summed E-state index contributed by atoms with van der Waals surface area (Å²) in [6.45, 7) is 4.83. The van der Waals surface area contributed by atoms with Gasteiger partial charge in [-0.1, -0.05) is 18.6 Å². The van der Waals surface area contributed by atoms with E-state index in [-0.39, 0.29) is 6.10 Å². The van der Waals surface area contributed by atoms with E-state index in [1.165, 1.54) is 44.9 Å². The number of hydrogen-bond donors (Lipinski definition) is 1. The second-order valence-electron chi connectivity index (χ2n) is 8.71. The van der Waals surface area contributed by atoms with E-state index in [1.807, 2.05) is 0 Å². The molecule has 118 valence electrons. The molecule has 0 unspecified atom stereocenters. The van der Waals surface area contributed by atoms with E-state index in [4.69, 9.17) is 0 Å². The van der Waals surface area contributed by atoms with E-state index in [2.05, 4.69) is 19.9 Å². The van der Waals surface area contributed by atoms with Crippen molar-refractivity contribution in [2.45, 2.75) is 77.7 Å². The van der Waals surface area contributed by atoms with Gasteiger partial charge in [0.1, 0.15) is 0 Å². The van der Waals surface area contributed by atoms with Crippen molar-refractivity contribution in [3.05, 3.63) is 11.6 Å². The van der Waals surface area contributed by atoms with Crippen LogP contribution in [0.15, 0.2) is 11.6 Å². The van der Waals surface area contributed by atoms with Crippen LogP contribution in [0.2, 0.25) is 0 Å². The summed E-state index contributed by atoms with van der Waals surface area (Å²) in [4.78, 5) is 0. The monoisotopic (exact) mass is 288 g/mol. The zero-order valence-electron chi connectivity index (χ0n) is 13.9. The van der Waals surface area contributed by atoms with E-state index in [1.54, 1.807) is 5.57 Å². The first kappa shape index (κ1) is 14.3. The Bertz CT molecular complexity index is 439. The molecule has 0 aromatic rings. The minimum Gasteiger partial charge on any atom is -0.393 e. The molecule has 0 saturated heterocycles. The Labute approximate surface area is 130 Å². The molecule has 0 heterocycles. The average Bonchev–Trinajstić information content (AvgIpc) is 2.83.